The number of rotatable bonds is 14. The second kappa shape index (κ2) is 13.2. The molecule has 8 nitrogen and oxygen atoms in total. The van der Waals surface area contributed by atoms with Crippen molar-refractivity contribution < 1.29 is 19.4 Å². The number of carbonyl (C=O) groups is 2. The number of ether oxygens (including phenoxy) is 1. The van der Waals surface area contributed by atoms with Gasteiger partial charge >= 0.3 is 5.97 Å². The highest BCUT2D eigenvalue weighted by Gasteiger charge is 2.33. The molecule has 0 bridgehead atoms. The van der Waals surface area contributed by atoms with Crippen LogP contribution in [0.2, 0.25) is 0 Å². The molecular weight excluding hydrogens is 456 g/mol. The lowest BCUT2D eigenvalue weighted by molar-refractivity contribution is -0.151. The van der Waals surface area contributed by atoms with Crippen LogP contribution in [0.3, 0.4) is 0 Å². The summed E-state index contributed by atoms with van der Waals surface area (Å²) in [5.74, 6) is -0.459. The first-order valence-electron chi connectivity index (χ1n) is 13.3. The van der Waals surface area contributed by atoms with E-state index >= 15 is 0 Å². The zero-order chi connectivity index (χ0) is 27.0. The Morgan fingerprint density at radius 2 is 1.94 bits per heavy atom. The summed E-state index contributed by atoms with van der Waals surface area (Å²) in [5, 5.41) is 19.1. The molecule has 1 aromatic heterocycles. The van der Waals surface area contributed by atoms with E-state index in [1.807, 2.05) is 49.8 Å². The molecule has 0 aliphatic carbocycles. The van der Waals surface area contributed by atoms with Crippen LogP contribution in [0.4, 0.5) is 0 Å². The number of unbranched alkanes of at least 4 members (excludes halogenated alkanes) is 1. The fourth-order valence-corrected chi connectivity index (χ4v) is 4.63. The van der Waals surface area contributed by atoms with E-state index < -0.39 is 23.7 Å². The molecule has 2 rings (SSSR count). The maximum absolute atomic E-state index is 12.7. The Bertz CT molecular complexity index is 1000. The number of amides is 1. The van der Waals surface area contributed by atoms with Crippen molar-refractivity contribution >= 4 is 22.8 Å². The third-order valence-corrected chi connectivity index (χ3v) is 7.12. The Morgan fingerprint density at radius 1 is 1.25 bits per heavy atom. The zero-order valence-corrected chi connectivity index (χ0v) is 23.1. The third-order valence-electron chi connectivity index (χ3n) is 7.12. The largest absolute Gasteiger partial charge is 0.457 e. The Labute approximate surface area is 216 Å². The van der Waals surface area contributed by atoms with Gasteiger partial charge in [-0.1, -0.05) is 59.6 Å². The van der Waals surface area contributed by atoms with Gasteiger partial charge in [0.15, 0.2) is 0 Å². The van der Waals surface area contributed by atoms with Crippen LogP contribution in [-0.4, -0.2) is 45.5 Å². The fourth-order valence-electron chi connectivity index (χ4n) is 4.63. The number of aromatic nitrogens is 2. The van der Waals surface area contributed by atoms with Crippen molar-refractivity contribution in [1.29, 1.82) is 0 Å². The van der Waals surface area contributed by atoms with Gasteiger partial charge in [-0.25, -0.2) is 0 Å². The van der Waals surface area contributed by atoms with E-state index in [1.54, 1.807) is 0 Å². The SMILES string of the molecule is CCCCC(C)(C)C(=O)NCC(O)C(N)CC(C(C)C)C(OC(C)=O)c1ccc2cnn(CC)c2c1. The van der Waals surface area contributed by atoms with Crippen LogP contribution >= 0.6 is 0 Å². The van der Waals surface area contributed by atoms with Crippen molar-refractivity contribution in [3.63, 3.8) is 0 Å². The summed E-state index contributed by atoms with van der Waals surface area (Å²) in [5.41, 5.74) is 7.80. The number of esters is 1. The number of hydrogen-bond donors (Lipinski definition) is 3. The first-order chi connectivity index (χ1) is 16.9. The Kier molecular flexibility index (Phi) is 10.9. The zero-order valence-electron chi connectivity index (χ0n) is 23.1. The third kappa shape index (κ3) is 7.77. The molecule has 1 aromatic carbocycles. The molecule has 4 N–H and O–H groups in total. The van der Waals surface area contributed by atoms with Crippen LogP contribution in [0.15, 0.2) is 24.4 Å². The highest BCUT2D eigenvalue weighted by atomic mass is 16.5. The molecule has 4 atom stereocenters. The van der Waals surface area contributed by atoms with Crippen molar-refractivity contribution in [3.05, 3.63) is 30.0 Å². The predicted molar refractivity (Wildman–Crippen MR) is 143 cm³/mol. The monoisotopic (exact) mass is 502 g/mol. The van der Waals surface area contributed by atoms with Gasteiger partial charge in [-0.05, 0) is 37.3 Å². The summed E-state index contributed by atoms with van der Waals surface area (Å²) < 4.78 is 7.76. The van der Waals surface area contributed by atoms with E-state index in [2.05, 4.69) is 31.2 Å². The molecule has 2 aromatic rings. The first-order valence-corrected chi connectivity index (χ1v) is 13.3. The molecule has 0 fully saturated rings. The number of aliphatic hydroxyl groups is 1. The summed E-state index contributed by atoms with van der Waals surface area (Å²) in [7, 11) is 0. The van der Waals surface area contributed by atoms with Crippen LogP contribution in [0.5, 0.6) is 0 Å². The quantitative estimate of drug-likeness (QED) is 0.331. The van der Waals surface area contributed by atoms with Gasteiger partial charge in [-0.15, -0.1) is 0 Å². The highest BCUT2D eigenvalue weighted by Crippen LogP contribution is 2.36. The molecule has 0 aliphatic rings. The second-order valence-corrected chi connectivity index (χ2v) is 10.9. The Hall–Kier alpha value is -2.45. The summed E-state index contributed by atoms with van der Waals surface area (Å²) in [6, 6.07) is 5.38. The maximum atomic E-state index is 12.7. The van der Waals surface area contributed by atoms with Gasteiger partial charge in [0.05, 0.1) is 17.8 Å². The van der Waals surface area contributed by atoms with E-state index in [-0.39, 0.29) is 30.3 Å². The van der Waals surface area contributed by atoms with Gasteiger partial charge < -0.3 is 20.9 Å². The lowest BCUT2D eigenvalue weighted by Crippen LogP contribution is -2.47. The van der Waals surface area contributed by atoms with Crippen molar-refractivity contribution in [3.8, 4) is 0 Å². The van der Waals surface area contributed by atoms with Crippen molar-refractivity contribution in [2.45, 2.75) is 98.9 Å². The van der Waals surface area contributed by atoms with Gasteiger partial charge in [0, 0.05) is 42.8 Å². The smallest absolute Gasteiger partial charge is 0.303 e. The number of nitrogens with zero attached hydrogens (tertiary/aromatic N) is 2. The number of hydrogen-bond acceptors (Lipinski definition) is 6. The van der Waals surface area contributed by atoms with Crippen molar-refractivity contribution in [2.24, 2.45) is 23.0 Å². The molecule has 1 heterocycles. The molecule has 202 valence electrons. The predicted octanol–water partition coefficient (Wildman–Crippen LogP) is 4.34. The van der Waals surface area contributed by atoms with Crippen LogP contribution in [-0.2, 0) is 20.9 Å². The lowest BCUT2D eigenvalue weighted by atomic mass is 9.80. The molecule has 0 saturated carbocycles. The van der Waals surface area contributed by atoms with E-state index in [4.69, 9.17) is 10.5 Å². The van der Waals surface area contributed by atoms with Crippen LogP contribution < -0.4 is 11.1 Å². The molecule has 8 heteroatoms. The van der Waals surface area contributed by atoms with Crippen LogP contribution in [0.1, 0.15) is 85.8 Å². The van der Waals surface area contributed by atoms with Gasteiger partial charge in [0.2, 0.25) is 5.91 Å². The summed E-state index contributed by atoms with van der Waals surface area (Å²) in [6.07, 6.45) is 3.61. The van der Waals surface area contributed by atoms with E-state index in [0.29, 0.717) is 6.42 Å². The molecule has 0 spiro atoms. The molecule has 1 amide bonds. The van der Waals surface area contributed by atoms with Crippen LogP contribution in [0.25, 0.3) is 10.9 Å². The number of aryl methyl sites for hydroxylation is 1. The standard InChI is InChI=1S/C28H46N4O4/c1-8-10-13-28(6,7)27(35)30-17-25(34)23(29)15-22(18(3)4)26(36-19(5)33)20-11-12-21-16-31-32(9-2)24(21)14-20/h11-12,14,16,18,22-23,25-26,34H,8-10,13,15,17,29H2,1-7H3,(H,30,35). The van der Waals surface area contributed by atoms with Crippen LogP contribution in [0, 0.1) is 17.3 Å². The molecule has 0 radical (unpaired) electrons. The summed E-state index contributed by atoms with van der Waals surface area (Å²) in [6.45, 7) is 14.3. The minimum absolute atomic E-state index is 0.0822. The van der Waals surface area contributed by atoms with Crippen molar-refractivity contribution in [1.82, 2.24) is 15.1 Å². The first kappa shape index (κ1) is 29.8. The second-order valence-electron chi connectivity index (χ2n) is 10.9. The fraction of sp³-hybridized carbons (Fsp3) is 0.679. The highest BCUT2D eigenvalue weighted by molar-refractivity contribution is 5.81. The normalized spacial score (nSPS) is 15.5. The summed E-state index contributed by atoms with van der Waals surface area (Å²) >= 11 is 0. The minimum atomic E-state index is -0.917. The minimum Gasteiger partial charge on any atom is -0.457 e. The van der Waals surface area contributed by atoms with Crippen molar-refractivity contribution in [2.75, 3.05) is 6.54 Å². The number of nitrogens with two attached hydrogens (primary N) is 1. The topological polar surface area (TPSA) is 119 Å². The number of aliphatic hydroxyl groups excluding tert-OH is 1. The summed E-state index contributed by atoms with van der Waals surface area (Å²) in [4.78, 5) is 24.7. The van der Waals surface area contributed by atoms with Gasteiger partial charge in [-0.3, -0.25) is 14.3 Å². The molecule has 36 heavy (non-hydrogen) atoms. The number of fused-ring (bicyclic) bond motifs is 1. The van der Waals surface area contributed by atoms with Gasteiger partial charge in [0.25, 0.3) is 0 Å². The molecule has 4 unspecified atom stereocenters. The molecule has 0 saturated heterocycles. The van der Waals surface area contributed by atoms with E-state index in [1.165, 1.54) is 6.92 Å². The average Bonchev–Trinajstić information content (AvgIpc) is 3.24. The lowest BCUT2D eigenvalue weighted by Gasteiger charge is -2.33. The van der Waals surface area contributed by atoms with Gasteiger partial charge in [-0.2, -0.15) is 5.10 Å². The average molecular weight is 503 g/mol. The van der Waals surface area contributed by atoms with E-state index in [0.717, 1.165) is 42.3 Å². The Morgan fingerprint density at radius 3 is 2.53 bits per heavy atom. The number of nitrogens with one attached hydrogen (secondary N) is 1. The maximum Gasteiger partial charge on any atom is 0.303 e. The molecule has 0 aliphatic heterocycles. The number of carbonyl (C=O) groups excluding carboxylic acids is 2. The van der Waals surface area contributed by atoms with E-state index in [9.17, 15) is 14.7 Å². The molecular formula is C28H46N4O4. The van der Waals surface area contributed by atoms with Gasteiger partial charge in [0.1, 0.15) is 6.10 Å². The Balaban J connectivity index is 2.19. The number of benzene rings is 1.